The van der Waals surface area contributed by atoms with Gasteiger partial charge in [-0.3, -0.25) is 0 Å². The summed E-state index contributed by atoms with van der Waals surface area (Å²) in [7, 11) is 0. The predicted octanol–water partition coefficient (Wildman–Crippen LogP) is 4.12. The first-order valence-electron chi connectivity index (χ1n) is 7.43. The number of rotatable bonds is 4. The fraction of sp³-hybridized carbons (Fsp3) is 0.353. The highest BCUT2D eigenvalue weighted by atomic mass is 19.1. The van der Waals surface area contributed by atoms with E-state index >= 15 is 0 Å². The van der Waals surface area contributed by atoms with Crippen molar-refractivity contribution in [3.05, 3.63) is 48.6 Å². The Labute approximate surface area is 124 Å². The Kier molecular flexibility index (Phi) is 3.78. The summed E-state index contributed by atoms with van der Waals surface area (Å²) in [5, 5.41) is 0. The zero-order chi connectivity index (χ0) is 14.8. The Morgan fingerprint density at radius 3 is 2.81 bits per heavy atom. The third-order valence-corrected chi connectivity index (χ3v) is 4.17. The highest BCUT2D eigenvalue weighted by molar-refractivity contribution is 5.71. The van der Waals surface area contributed by atoms with Crippen LogP contribution in [0.4, 0.5) is 10.2 Å². The van der Waals surface area contributed by atoms with Crippen LogP contribution in [0, 0.1) is 5.82 Å². The fourth-order valence-corrected chi connectivity index (χ4v) is 3.15. The molecular weight excluding hydrogens is 265 g/mol. The molecule has 2 aromatic rings. The van der Waals surface area contributed by atoms with E-state index in [2.05, 4.69) is 6.58 Å². The molecule has 0 atom stereocenters. The molecule has 1 heterocycles. The number of hydrogen-bond acceptors (Lipinski definition) is 2. The third kappa shape index (κ3) is 2.58. The predicted molar refractivity (Wildman–Crippen MR) is 83.4 cm³/mol. The normalized spacial score (nSPS) is 15.5. The largest absolute Gasteiger partial charge is 0.383 e. The molecule has 1 aromatic heterocycles. The lowest BCUT2D eigenvalue weighted by molar-refractivity contribution is 0.618. The zero-order valence-electron chi connectivity index (χ0n) is 12.1. The molecule has 0 radical (unpaired) electrons. The van der Waals surface area contributed by atoms with Crippen LogP contribution in [-0.2, 0) is 6.54 Å². The van der Waals surface area contributed by atoms with Crippen LogP contribution in [0.25, 0.3) is 11.3 Å². The van der Waals surface area contributed by atoms with Crippen LogP contribution in [0.2, 0.25) is 0 Å². The van der Waals surface area contributed by atoms with Crippen LogP contribution in [0.15, 0.2) is 36.9 Å². The molecule has 0 bridgehead atoms. The number of hydrogen-bond donors (Lipinski definition) is 1. The van der Waals surface area contributed by atoms with Crippen molar-refractivity contribution in [2.75, 3.05) is 5.73 Å². The van der Waals surface area contributed by atoms with Crippen molar-refractivity contribution >= 4 is 5.82 Å². The summed E-state index contributed by atoms with van der Waals surface area (Å²) < 4.78 is 15.5. The summed E-state index contributed by atoms with van der Waals surface area (Å²) in [4.78, 5) is 4.75. The maximum Gasteiger partial charge on any atom is 0.132 e. The minimum absolute atomic E-state index is 0.271. The van der Waals surface area contributed by atoms with Crippen LogP contribution in [0.3, 0.4) is 0 Å². The molecular formula is C17H20FN3. The fourth-order valence-electron chi connectivity index (χ4n) is 3.15. The number of nitrogens with two attached hydrogens (primary N) is 1. The summed E-state index contributed by atoms with van der Waals surface area (Å²) in [6.45, 7) is 4.44. The summed E-state index contributed by atoms with van der Waals surface area (Å²) in [6, 6.07) is 6.44. The van der Waals surface area contributed by atoms with Gasteiger partial charge in [-0.1, -0.05) is 31.1 Å². The van der Waals surface area contributed by atoms with E-state index < -0.39 is 0 Å². The molecule has 1 saturated carbocycles. The van der Waals surface area contributed by atoms with Gasteiger partial charge in [0.1, 0.15) is 23.2 Å². The van der Waals surface area contributed by atoms with Gasteiger partial charge in [-0.15, -0.1) is 6.58 Å². The summed E-state index contributed by atoms with van der Waals surface area (Å²) in [6.07, 6.45) is 6.60. The Bertz CT molecular complexity index is 654. The van der Waals surface area contributed by atoms with Crippen molar-refractivity contribution in [1.82, 2.24) is 9.55 Å². The van der Waals surface area contributed by atoms with Gasteiger partial charge in [-0.2, -0.15) is 0 Å². The number of imidazole rings is 1. The van der Waals surface area contributed by atoms with E-state index in [1.807, 2.05) is 16.7 Å². The minimum Gasteiger partial charge on any atom is -0.383 e. The number of benzene rings is 1. The van der Waals surface area contributed by atoms with E-state index in [0.29, 0.717) is 24.0 Å². The highest BCUT2D eigenvalue weighted by Gasteiger charge is 2.25. The molecule has 0 unspecified atom stereocenters. The number of anilines is 1. The van der Waals surface area contributed by atoms with Crippen molar-refractivity contribution < 1.29 is 4.39 Å². The second-order valence-electron chi connectivity index (χ2n) is 5.59. The van der Waals surface area contributed by atoms with Gasteiger partial charge in [0.25, 0.3) is 0 Å². The van der Waals surface area contributed by atoms with Gasteiger partial charge in [0.2, 0.25) is 0 Å². The summed E-state index contributed by atoms with van der Waals surface area (Å²) >= 11 is 0. The minimum atomic E-state index is -0.271. The lowest BCUT2D eigenvalue weighted by atomic mass is 10.1. The Hall–Kier alpha value is -2.10. The van der Waals surface area contributed by atoms with E-state index in [1.165, 1.54) is 25.0 Å². The first-order valence-corrected chi connectivity index (χ1v) is 7.43. The van der Waals surface area contributed by atoms with Gasteiger partial charge in [0.05, 0.1) is 0 Å². The molecule has 4 heteroatoms. The molecule has 3 rings (SSSR count). The second kappa shape index (κ2) is 5.72. The number of allylic oxidation sites excluding steroid dienone is 1. The lowest BCUT2D eigenvalue weighted by Gasteiger charge is -2.11. The second-order valence-corrected chi connectivity index (χ2v) is 5.59. The standard InChI is InChI=1S/C17H20FN3/c1-2-10-21-16(19)15(13-8-5-9-14(18)11-13)20-17(21)12-6-3-4-7-12/h2,5,8-9,11-12H,1,3-4,6-7,10,19H2. The highest BCUT2D eigenvalue weighted by Crippen LogP contribution is 2.37. The molecule has 21 heavy (non-hydrogen) atoms. The first kappa shape index (κ1) is 13.9. The maximum atomic E-state index is 13.4. The molecule has 1 aromatic carbocycles. The van der Waals surface area contributed by atoms with Crippen molar-refractivity contribution in [1.29, 1.82) is 0 Å². The van der Waals surface area contributed by atoms with Crippen LogP contribution >= 0.6 is 0 Å². The Morgan fingerprint density at radius 1 is 1.38 bits per heavy atom. The van der Waals surface area contributed by atoms with E-state index in [-0.39, 0.29) is 5.82 Å². The molecule has 0 spiro atoms. The number of halogens is 1. The quantitative estimate of drug-likeness (QED) is 0.859. The molecule has 0 saturated heterocycles. The van der Waals surface area contributed by atoms with Crippen molar-refractivity contribution in [2.24, 2.45) is 0 Å². The molecule has 1 aliphatic carbocycles. The van der Waals surface area contributed by atoms with Gasteiger partial charge in [-0.05, 0) is 25.0 Å². The number of nitrogens with zero attached hydrogens (tertiary/aromatic N) is 2. The molecule has 110 valence electrons. The van der Waals surface area contributed by atoms with Gasteiger partial charge >= 0.3 is 0 Å². The lowest BCUT2D eigenvalue weighted by Crippen LogP contribution is -2.08. The van der Waals surface area contributed by atoms with Crippen molar-refractivity contribution in [3.63, 3.8) is 0 Å². The SMILES string of the molecule is C=CCn1c(C2CCCC2)nc(-c2cccc(F)c2)c1N. The molecule has 0 aliphatic heterocycles. The Balaban J connectivity index is 2.09. The van der Waals surface area contributed by atoms with E-state index in [4.69, 9.17) is 10.7 Å². The number of aromatic nitrogens is 2. The first-order chi connectivity index (χ1) is 10.2. The summed E-state index contributed by atoms with van der Waals surface area (Å²) in [5.41, 5.74) is 7.68. The molecule has 3 nitrogen and oxygen atoms in total. The van der Waals surface area contributed by atoms with Crippen LogP contribution in [0.1, 0.15) is 37.4 Å². The maximum absolute atomic E-state index is 13.4. The molecule has 1 aliphatic rings. The topological polar surface area (TPSA) is 43.8 Å². The average molecular weight is 285 g/mol. The third-order valence-electron chi connectivity index (χ3n) is 4.17. The van der Waals surface area contributed by atoms with Crippen molar-refractivity contribution in [2.45, 2.75) is 38.1 Å². The van der Waals surface area contributed by atoms with Crippen LogP contribution in [0.5, 0.6) is 0 Å². The van der Waals surface area contributed by atoms with Gasteiger partial charge in [0, 0.05) is 18.0 Å². The molecule has 1 fully saturated rings. The van der Waals surface area contributed by atoms with Gasteiger partial charge < -0.3 is 10.3 Å². The van der Waals surface area contributed by atoms with Gasteiger partial charge in [0.15, 0.2) is 0 Å². The van der Waals surface area contributed by atoms with Crippen molar-refractivity contribution in [3.8, 4) is 11.3 Å². The molecule has 0 amide bonds. The van der Waals surface area contributed by atoms with E-state index in [0.717, 1.165) is 24.2 Å². The van der Waals surface area contributed by atoms with E-state index in [9.17, 15) is 4.39 Å². The van der Waals surface area contributed by atoms with Crippen LogP contribution < -0.4 is 5.73 Å². The Morgan fingerprint density at radius 2 is 2.14 bits per heavy atom. The zero-order valence-corrected chi connectivity index (χ0v) is 12.1. The smallest absolute Gasteiger partial charge is 0.132 e. The summed E-state index contributed by atoms with van der Waals surface area (Å²) in [5.74, 6) is 1.80. The van der Waals surface area contributed by atoms with Crippen LogP contribution in [-0.4, -0.2) is 9.55 Å². The van der Waals surface area contributed by atoms with Gasteiger partial charge in [-0.25, -0.2) is 9.37 Å². The monoisotopic (exact) mass is 285 g/mol. The van der Waals surface area contributed by atoms with E-state index in [1.54, 1.807) is 6.07 Å². The number of nitrogen functional groups attached to an aromatic ring is 1. The molecule has 2 N–H and O–H groups in total. The average Bonchev–Trinajstić information content (AvgIpc) is 3.09.